The van der Waals surface area contributed by atoms with Crippen LogP contribution in [0.1, 0.15) is 99.1 Å². The maximum atomic E-state index is 14.0. The number of unbranched alkanes of at least 4 members (excludes halogenated alkanes) is 4. The highest BCUT2D eigenvalue weighted by molar-refractivity contribution is 5.92. The van der Waals surface area contributed by atoms with Gasteiger partial charge in [0.15, 0.2) is 0 Å². The molecule has 3 amide bonds. The number of nitrogens with zero attached hydrogens (tertiary/aromatic N) is 1. The molecule has 36 heavy (non-hydrogen) atoms. The molecule has 1 rings (SSSR count). The van der Waals surface area contributed by atoms with E-state index >= 15 is 0 Å². The average molecular weight is 506 g/mol. The molecular formula is C28H47N3O5. The molecule has 3 N–H and O–H groups in total. The van der Waals surface area contributed by atoms with Gasteiger partial charge in [-0.25, -0.2) is 4.79 Å². The van der Waals surface area contributed by atoms with E-state index in [2.05, 4.69) is 17.6 Å². The molecule has 204 valence electrons. The van der Waals surface area contributed by atoms with E-state index in [0.29, 0.717) is 12.1 Å². The first-order valence-electron chi connectivity index (χ1n) is 13.2. The van der Waals surface area contributed by atoms with Crippen molar-refractivity contribution < 1.29 is 24.2 Å². The first kappa shape index (κ1) is 31.3. The molecule has 1 aromatic rings. The summed E-state index contributed by atoms with van der Waals surface area (Å²) in [7, 11) is 0. The minimum atomic E-state index is -0.909. The van der Waals surface area contributed by atoms with Gasteiger partial charge in [-0.05, 0) is 64.7 Å². The van der Waals surface area contributed by atoms with Gasteiger partial charge in [0.05, 0.1) is 0 Å². The summed E-state index contributed by atoms with van der Waals surface area (Å²) in [4.78, 5) is 41.6. The first-order chi connectivity index (χ1) is 16.8. The minimum absolute atomic E-state index is 0.0749. The molecule has 0 aliphatic carbocycles. The molecule has 2 atom stereocenters. The van der Waals surface area contributed by atoms with Crippen LogP contribution in [0.5, 0.6) is 5.75 Å². The number of nitrogens with one attached hydrogen (secondary N) is 2. The molecule has 0 heterocycles. The van der Waals surface area contributed by atoms with E-state index in [0.717, 1.165) is 32.1 Å². The van der Waals surface area contributed by atoms with Gasteiger partial charge >= 0.3 is 6.09 Å². The topological polar surface area (TPSA) is 108 Å². The van der Waals surface area contributed by atoms with Crippen molar-refractivity contribution >= 4 is 17.9 Å². The van der Waals surface area contributed by atoms with Crippen LogP contribution in [0.25, 0.3) is 0 Å². The number of benzene rings is 1. The number of rotatable bonds is 13. The number of carbonyl (C=O) groups excluding carboxylic acids is 3. The number of hydrogen-bond donors (Lipinski definition) is 3. The Kier molecular flexibility index (Phi) is 12.8. The molecule has 8 heteroatoms. The van der Waals surface area contributed by atoms with Crippen LogP contribution < -0.4 is 10.6 Å². The maximum Gasteiger partial charge on any atom is 0.408 e. The number of phenols is 1. The molecule has 0 bridgehead atoms. The molecular weight excluding hydrogens is 458 g/mol. The molecule has 0 spiro atoms. The van der Waals surface area contributed by atoms with Crippen molar-refractivity contribution in [3.63, 3.8) is 0 Å². The highest BCUT2D eigenvalue weighted by Gasteiger charge is 2.37. The molecule has 0 radical (unpaired) electrons. The molecule has 0 aromatic heterocycles. The zero-order valence-corrected chi connectivity index (χ0v) is 23.4. The summed E-state index contributed by atoms with van der Waals surface area (Å²) in [6, 6.07) is 4.42. The monoisotopic (exact) mass is 505 g/mol. The molecule has 0 aliphatic heterocycles. The molecule has 0 saturated heterocycles. The summed E-state index contributed by atoms with van der Waals surface area (Å²) < 4.78 is 5.40. The lowest BCUT2D eigenvalue weighted by atomic mass is 9.98. The van der Waals surface area contributed by atoms with Crippen LogP contribution in [-0.2, 0) is 14.3 Å². The van der Waals surface area contributed by atoms with Gasteiger partial charge in [-0.15, -0.1) is 0 Å². The SMILES string of the molecule is CCCCCCCN(C(=O)C(NC(=O)OC(C)(C)C)C(C)C)C(C(=O)NC(C)C)c1ccc(O)cc1. The molecule has 0 fully saturated rings. The smallest absolute Gasteiger partial charge is 0.408 e. The van der Waals surface area contributed by atoms with Crippen LogP contribution in [0, 0.1) is 5.92 Å². The third-order valence-corrected chi connectivity index (χ3v) is 5.59. The Labute approximate surface area is 217 Å². The number of aromatic hydroxyl groups is 1. The second-order valence-corrected chi connectivity index (χ2v) is 11.0. The van der Waals surface area contributed by atoms with Crippen molar-refractivity contribution in [3.05, 3.63) is 29.8 Å². The largest absolute Gasteiger partial charge is 0.508 e. The quantitative estimate of drug-likeness (QED) is 0.315. The Morgan fingerprint density at radius 2 is 1.53 bits per heavy atom. The lowest BCUT2D eigenvalue weighted by Gasteiger charge is -2.36. The first-order valence-corrected chi connectivity index (χ1v) is 13.2. The number of phenolic OH excluding ortho intramolecular Hbond substituents is 1. The second-order valence-electron chi connectivity index (χ2n) is 11.0. The van der Waals surface area contributed by atoms with E-state index in [1.54, 1.807) is 37.8 Å². The van der Waals surface area contributed by atoms with Gasteiger partial charge in [-0.1, -0.05) is 58.6 Å². The van der Waals surface area contributed by atoms with Crippen molar-refractivity contribution in [1.29, 1.82) is 0 Å². The average Bonchev–Trinajstić information content (AvgIpc) is 2.75. The third kappa shape index (κ3) is 10.9. The predicted molar refractivity (Wildman–Crippen MR) is 143 cm³/mol. The Hall–Kier alpha value is -2.77. The fourth-order valence-corrected chi connectivity index (χ4v) is 3.87. The normalized spacial score (nSPS) is 13.3. The van der Waals surface area contributed by atoms with E-state index in [4.69, 9.17) is 4.74 Å². The highest BCUT2D eigenvalue weighted by atomic mass is 16.6. The Morgan fingerprint density at radius 3 is 2.03 bits per heavy atom. The molecule has 8 nitrogen and oxygen atoms in total. The highest BCUT2D eigenvalue weighted by Crippen LogP contribution is 2.26. The summed E-state index contributed by atoms with van der Waals surface area (Å²) in [6.07, 6.45) is 4.24. The molecule has 2 unspecified atom stereocenters. The van der Waals surface area contributed by atoms with E-state index in [1.165, 1.54) is 12.1 Å². The zero-order valence-electron chi connectivity index (χ0n) is 23.4. The van der Waals surface area contributed by atoms with Gasteiger partial charge in [0.25, 0.3) is 0 Å². The van der Waals surface area contributed by atoms with E-state index in [-0.39, 0.29) is 29.5 Å². The second kappa shape index (κ2) is 14.7. The summed E-state index contributed by atoms with van der Waals surface area (Å²) in [5.74, 6) is -0.812. The fraction of sp³-hybridized carbons (Fsp3) is 0.679. The maximum absolute atomic E-state index is 14.0. The minimum Gasteiger partial charge on any atom is -0.508 e. The number of amides is 3. The van der Waals surface area contributed by atoms with Crippen molar-refractivity contribution in [2.75, 3.05) is 6.54 Å². The Morgan fingerprint density at radius 1 is 0.944 bits per heavy atom. The standard InChI is InChI=1S/C28H47N3O5/c1-9-10-11-12-13-18-31(26(34)23(19(2)3)30-27(35)36-28(6,7)8)24(25(33)29-20(4)5)21-14-16-22(32)17-15-21/h14-17,19-20,23-24,32H,9-13,18H2,1-8H3,(H,29,33)(H,30,35). The van der Waals surface area contributed by atoms with Gasteiger partial charge in [-0.3, -0.25) is 9.59 Å². The summed E-state index contributed by atoms with van der Waals surface area (Å²) in [5.41, 5.74) is -0.119. The Balaban J connectivity index is 3.40. The summed E-state index contributed by atoms with van der Waals surface area (Å²) in [6.45, 7) is 15.2. The number of ether oxygens (including phenoxy) is 1. The fourth-order valence-electron chi connectivity index (χ4n) is 3.87. The Bertz CT molecular complexity index is 831. The van der Waals surface area contributed by atoms with Gasteiger partial charge in [0.1, 0.15) is 23.4 Å². The van der Waals surface area contributed by atoms with Crippen molar-refractivity contribution in [1.82, 2.24) is 15.5 Å². The predicted octanol–water partition coefficient (Wildman–Crippen LogP) is 5.31. The summed E-state index contributed by atoms with van der Waals surface area (Å²) in [5, 5.41) is 15.5. The van der Waals surface area contributed by atoms with Crippen molar-refractivity contribution in [2.24, 2.45) is 5.92 Å². The zero-order chi connectivity index (χ0) is 27.5. The van der Waals surface area contributed by atoms with Crippen LogP contribution in [0.15, 0.2) is 24.3 Å². The van der Waals surface area contributed by atoms with Gasteiger partial charge in [0.2, 0.25) is 11.8 Å². The van der Waals surface area contributed by atoms with Crippen molar-refractivity contribution in [3.8, 4) is 5.75 Å². The lowest BCUT2D eigenvalue weighted by Crippen LogP contribution is -2.55. The van der Waals surface area contributed by atoms with E-state index < -0.39 is 23.8 Å². The van der Waals surface area contributed by atoms with Gasteiger partial charge in [-0.2, -0.15) is 0 Å². The van der Waals surface area contributed by atoms with Crippen LogP contribution in [0.4, 0.5) is 4.79 Å². The third-order valence-electron chi connectivity index (χ3n) is 5.59. The van der Waals surface area contributed by atoms with Crippen LogP contribution in [0.3, 0.4) is 0 Å². The van der Waals surface area contributed by atoms with Crippen LogP contribution in [0.2, 0.25) is 0 Å². The van der Waals surface area contributed by atoms with E-state index in [9.17, 15) is 19.5 Å². The molecule has 0 aliphatic rings. The van der Waals surface area contributed by atoms with Gasteiger partial charge in [0, 0.05) is 12.6 Å². The number of alkyl carbamates (subject to hydrolysis) is 1. The molecule has 0 saturated carbocycles. The van der Waals surface area contributed by atoms with Crippen LogP contribution in [-0.4, -0.2) is 52.1 Å². The molecule has 1 aromatic carbocycles. The van der Waals surface area contributed by atoms with E-state index in [1.807, 2.05) is 27.7 Å². The summed E-state index contributed by atoms with van der Waals surface area (Å²) >= 11 is 0. The lowest BCUT2D eigenvalue weighted by molar-refractivity contribution is -0.143. The number of carbonyl (C=O) groups is 3. The van der Waals surface area contributed by atoms with Crippen molar-refractivity contribution in [2.45, 2.75) is 111 Å². The van der Waals surface area contributed by atoms with Gasteiger partial charge < -0.3 is 25.4 Å². The number of hydrogen-bond acceptors (Lipinski definition) is 5. The van der Waals surface area contributed by atoms with Crippen LogP contribution >= 0.6 is 0 Å².